The van der Waals surface area contributed by atoms with Crippen LogP contribution < -0.4 is 10.6 Å². The second kappa shape index (κ2) is 9.64. The second-order valence-electron chi connectivity index (χ2n) is 9.12. The number of fused-ring (bicyclic) bond motifs is 1. The van der Waals surface area contributed by atoms with Crippen LogP contribution in [0.4, 0.5) is 5.00 Å². The van der Waals surface area contributed by atoms with Crippen LogP contribution in [0.5, 0.6) is 0 Å². The molecule has 1 aliphatic carbocycles. The van der Waals surface area contributed by atoms with Gasteiger partial charge in [-0.3, -0.25) is 14.4 Å². The van der Waals surface area contributed by atoms with E-state index in [4.69, 9.17) is 5.11 Å². The first-order chi connectivity index (χ1) is 14.6. The van der Waals surface area contributed by atoms with Gasteiger partial charge in [-0.2, -0.15) is 0 Å². The topological polar surface area (TPSA) is 95.5 Å². The average Bonchev–Trinajstić information content (AvgIpc) is 3.07. The Kier molecular flexibility index (Phi) is 7.15. The van der Waals surface area contributed by atoms with Crippen molar-refractivity contribution >= 4 is 34.1 Å². The van der Waals surface area contributed by atoms with Crippen LogP contribution in [0.2, 0.25) is 0 Å². The third kappa shape index (κ3) is 5.94. The Morgan fingerprint density at radius 2 is 1.84 bits per heavy atom. The van der Waals surface area contributed by atoms with Gasteiger partial charge in [0.2, 0.25) is 5.91 Å². The molecule has 0 unspecified atom stereocenters. The van der Waals surface area contributed by atoms with Crippen LogP contribution in [0.25, 0.3) is 0 Å². The van der Waals surface area contributed by atoms with Gasteiger partial charge in [0.25, 0.3) is 5.91 Å². The smallest absolute Gasteiger partial charge is 0.303 e. The molecule has 1 aromatic heterocycles. The van der Waals surface area contributed by atoms with Crippen molar-refractivity contribution in [2.75, 3.05) is 5.32 Å². The van der Waals surface area contributed by atoms with E-state index >= 15 is 0 Å². The molecule has 0 saturated heterocycles. The first-order valence-corrected chi connectivity index (χ1v) is 11.4. The number of rotatable bonds is 7. The molecule has 1 aromatic carbocycles. The van der Waals surface area contributed by atoms with Gasteiger partial charge in [0.15, 0.2) is 0 Å². The second-order valence-corrected chi connectivity index (χ2v) is 10.2. The van der Waals surface area contributed by atoms with E-state index in [1.54, 1.807) is 0 Å². The van der Waals surface area contributed by atoms with Gasteiger partial charge < -0.3 is 15.7 Å². The van der Waals surface area contributed by atoms with Gasteiger partial charge in [-0.15, -0.1) is 11.3 Å². The number of carboxylic acids is 1. The number of aliphatic carboxylic acids is 1. The normalized spacial score (nSPS) is 15.8. The van der Waals surface area contributed by atoms with E-state index < -0.39 is 5.97 Å². The summed E-state index contributed by atoms with van der Waals surface area (Å²) in [7, 11) is 0. The Labute approximate surface area is 187 Å². The van der Waals surface area contributed by atoms with Gasteiger partial charge in [-0.25, -0.2) is 0 Å². The molecule has 1 atom stereocenters. The first-order valence-electron chi connectivity index (χ1n) is 10.6. The average molecular weight is 443 g/mol. The zero-order chi connectivity index (χ0) is 22.6. The van der Waals surface area contributed by atoms with E-state index in [-0.39, 0.29) is 30.1 Å². The van der Waals surface area contributed by atoms with E-state index in [1.165, 1.54) is 11.3 Å². The van der Waals surface area contributed by atoms with E-state index in [2.05, 4.69) is 31.4 Å². The van der Waals surface area contributed by atoms with Crippen LogP contribution in [0.1, 0.15) is 66.4 Å². The van der Waals surface area contributed by atoms with Crippen LogP contribution >= 0.6 is 11.3 Å². The molecule has 3 rings (SSSR count). The maximum atomic E-state index is 13.1. The number of thiophene rings is 1. The number of benzene rings is 1. The molecule has 7 heteroatoms. The monoisotopic (exact) mass is 442 g/mol. The van der Waals surface area contributed by atoms with Crippen molar-refractivity contribution in [2.24, 2.45) is 11.3 Å². The van der Waals surface area contributed by atoms with Crippen molar-refractivity contribution in [2.45, 2.75) is 59.4 Å². The standard InChI is InChI=1S/C24H30N2O4S/c1-24(2,3)16-9-10-17-18(13-16)31-23(26-19(27)11-12-20(28)29)21(17)22(30)25-14-15-7-5-4-6-8-15/h4-8,16H,9-14H2,1-3H3,(H,25,30)(H,26,27)(H,28,29)/t16-/m0/s1. The number of carboxylic acid groups (broad SMARTS) is 1. The van der Waals surface area contributed by atoms with Crippen molar-refractivity contribution in [3.05, 3.63) is 51.9 Å². The van der Waals surface area contributed by atoms with E-state index in [1.807, 2.05) is 30.3 Å². The van der Waals surface area contributed by atoms with Gasteiger partial charge in [0, 0.05) is 17.8 Å². The Hall–Kier alpha value is -2.67. The van der Waals surface area contributed by atoms with Crippen molar-refractivity contribution < 1.29 is 19.5 Å². The van der Waals surface area contributed by atoms with Crippen LogP contribution in [0.3, 0.4) is 0 Å². The molecule has 0 saturated carbocycles. The Morgan fingerprint density at radius 3 is 2.48 bits per heavy atom. The first kappa shape index (κ1) is 23.0. The van der Waals surface area contributed by atoms with Crippen molar-refractivity contribution in [1.29, 1.82) is 0 Å². The molecule has 0 spiro atoms. The van der Waals surface area contributed by atoms with Crippen molar-refractivity contribution in [3.63, 3.8) is 0 Å². The summed E-state index contributed by atoms with van der Waals surface area (Å²) < 4.78 is 0. The molecule has 0 radical (unpaired) electrons. The highest BCUT2D eigenvalue weighted by atomic mass is 32.1. The summed E-state index contributed by atoms with van der Waals surface area (Å²) in [6.07, 6.45) is 2.32. The molecule has 31 heavy (non-hydrogen) atoms. The molecule has 6 nitrogen and oxygen atoms in total. The molecule has 0 aliphatic heterocycles. The molecule has 2 amide bonds. The van der Waals surface area contributed by atoms with Crippen LogP contribution in [0, 0.1) is 11.3 Å². The van der Waals surface area contributed by atoms with Crippen molar-refractivity contribution in [3.8, 4) is 0 Å². The van der Waals surface area contributed by atoms with Gasteiger partial charge in [-0.1, -0.05) is 51.1 Å². The van der Waals surface area contributed by atoms with Crippen LogP contribution in [0.15, 0.2) is 30.3 Å². The molecule has 3 N–H and O–H groups in total. The SMILES string of the molecule is CC(C)(C)[C@H]1CCc2c(sc(NC(=O)CCC(=O)O)c2C(=O)NCc2ccccc2)C1. The number of hydrogen-bond donors (Lipinski definition) is 3. The summed E-state index contributed by atoms with van der Waals surface area (Å²) in [5.74, 6) is -1.10. The number of carbonyl (C=O) groups is 3. The van der Waals surface area contributed by atoms with Gasteiger partial charge in [0.1, 0.15) is 5.00 Å². The molecular weight excluding hydrogens is 412 g/mol. The fraction of sp³-hybridized carbons (Fsp3) is 0.458. The third-order valence-electron chi connectivity index (χ3n) is 5.83. The number of hydrogen-bond acceptors (Lipinski definition) is 4. The number of carbonyl (C=O) groups excluding carboxylic acids is 2. The Balaban J connectivity index is 1.84. The maximum Gasteiger partial charge on any atom is 0.303 e. The summed E-state index contributed by atoms with van der Waals surface area (Å²) in [5.41, 5.74) is 2.72. The lowest BCUT2D eigenvalue weighted by Gasteiger charge is -2.33. The number of anilines is 1. The zero-order valence-corrected chi connectivity index (χ0v) is 19.1. The number of nitrogens with one attached hydrogen (secondary N) is 2. The largest absolute Gasteiger partial charge is 0.481 e. The zero-order valence-electron chi connectivity index (χ0n) is 18.3. The van der Waals surface area contributed by atoms with Crippen molar-refractivity contribution in [1.82, 2.24) is 5.32 Å². The van der Waals surface area contributed by atoms with Gasteiger partial charge in [-0.05, 0) is 41.7 Å². The summed E-state index contributed by atoms with van der Waals surface area (Å²) in [6, 6.07) is 9.68. The minimum Gasteiger partial charge on any atom is -0.481 e. The third-order valence-corrected chi connectivity index (χ3v) is 7.00. The molecule has 1 aliphatic rings. The lowest BCUT2D eigenvalue weighted by molar-refractivity contribution is -0.138. The minimum absolute atomic E-state index is 0.117. The van der Waals surface area contributed by atoms with Gasteiger partial charge >= 0.3 is 5.97 Å². The molecule has 166 valence electrons. The summed E-state index contributed by atoms with van der Waals surface area (Å²) in [5, 5.41) is 15.2. The molecule has 1 heterocycles. The van der Waals surface area contributed by atoms with E-state index in [0.29, 0.717) is 23.0 Å². The molecule has 0 bridgehead atoms. The summed E-state index contributed by atoms with van der Waals surface area (Å²) in [4.78, 5) is 37.4. The van der Waals surface area contributed by atoms with E-state index in [9.17, 15) is 14.4 Å². The van der Waals surface area contributed by atoms with Crippen LogP contribution in [-0.4, -0.2) is 22.9 Å². The fourth-order valence-corrected chi connectivity index (χ4v) is 5.27. The van der Waals surface area contributed by atoms with Gasteiger partial charge in [0.05, 0.1) is 12.0 Å². The Bertz CT molecular complexity index is 960. The quantitative estimate of drug-likeness (QED) is 0.582. The molecule has 2 aromatic rings. The lowest BCUT2D eigenvalue weighted by atomic mass is 9.72. The maximum absolute atomic E-state index is 13.1. The predicted molar refractivity (Wildman–Crippen MR) is 122 cm³/mol. The Morgan fingerprint density at radius 1 is 1.13 bits per heavy atom. The fourth-order valence-electron chi connectivity index (χ4n) is 3.93. The van der Waals surface area contributed by atoms with E-state index in [0.717, 1.165) is 35.3 Å². The summed E-state index contributed by atoms with van der Waals surface area (Å²) >= 11 is 1.45. The summed E-state index contributed by atoms with van der Waals surface area (Å²) in [6.45, 7) is 7.11. The molecule has 0 fully saturated rings. The highest BCUT2D eigenvalue weighted by Gasteiger charge is 2.34. The molecular formula is C24H30N2O4S. The highest BCUT2D eigenvalue weighted by Crippen LogP contribution is 2.44. The van der Waals surface area contributed by atoms with Crippen LogP contribution in [-0.2, 0) is 29.0 Å². The predicted octanol–water partition coefficient (Wildman–Crippen LogP) is 4.63. The highest BCUT2D eigenvalue weighted by molar-refractivity contribution is 7.17. The number of amides is 2. The minimum atomic E-state index is -1.02. The lowest BCUT2D eigenvalue weighted by Crippen LogP contribution is -2.28.